The van der Waals surface area contributed by atoms with E-state index in [9.17, 15) is 5.11 Å². The number of nitrogens with one attached hydrogen (secondary N) is 1. The van der Waals surface area contributed by atoms with Crippen molar-refractivity contribution in [2.24, 2.45) is 5.92 Å². The monoisotopic (exact) mass is 245 g/mol. The molecule has 0 aromatic heterocycles. The summed E-state index contributed by atoms with van der Waals surface area (Å²) in [6.07, 6.45) is 4.98. The highest BCUT2D eigenvalue weighted by Crippen LogP contribution is 2.12. The summed E-state index contributed by atoms with van der Waals surface area (Å²) in [6.45, 7) is 10.2. The maximum atomic E-state index is 9.20. The molecule has 104 valence electrons. The molecule has 2 atom stereocenters. The van der Waals surface area contributed by atoms with E-state index in [1.165, 1.54) is 25.7 Å². The summed E-state index contributed by atoms with van der Waals surface area (Å²) in [4.78, 5) is 0. The van der Waals surface area contributed by atoms with Crippen LogP contribution in [0.4, 0.5) is 0 Å². The molecule has 0 aromatic rings. The molecule has 0 rings (SSSR count). The summed E-state index contributed by atoms with van der Waals surface area (Å²) in [5.74, 6) is 0.674. The van der Waals surface area contributed by atoms with Gasteiger partial charge in [-0.25, -0.2) is 0 Å². The van der Waals surface area contributed by atoms with Crippen LogP contribution in [0.5, 0.6) is 0 Å². The van der Waals surface area contributed by atoms with Crippen LogP contribution in [0.1, 0.15) is 53.4 Å². The minimum absolute atomic E-state index is 0.0682. The number of rotatable bonds is 11. The molecule has 0 aromatic carbocycles. The van der Waals surface area contributed by atoms with Crippen LogP contribution >= 0.6 is 0 Å². The zero-order chi connectivity index (χ0) is 13.1. The third kappa shape index (κ3) is 9.57. The Balaban J connectivity index is 3.69. The summed E-state index contributed by atoms with van der Waals surface area (Å²) >= 11 is 0. The number of ether oxygens (including phenoxy) is 1. The molecule has 0 bridgehead atoms. The average Bonchev–Trinajstić information content (AvgIpc) is 2.31. The third-order valence-electron chi connectivity index (χ3n) is 3.01. The molecular weight excluding hydrogens is 214 g/mol. The second kappa shape index (κ2) is 11.0. The Bertz CT molecular complexity index is 162. The minimum atomic E-state index is 0.0682. The van der Waals surface area contributed by atoms with Gasteiger partial charge < -0.3 is 15.2 Å². The molecule has 3 heteroatoms. The van der Waals surface area contributed by atoms with Gasteiger partial charge >= 0.3 is 0 Å². The number of hydrogen-bond acceptors (Lipinski definition) is 3. The summed E-state index contributed by atoms with van der Waals surface area (Å²) < 4.78 is 5.72. The normalized spacial score (nSPS) is 15.2. The number of aliphatic hydroxyl groups excluding tert-OH is 1. The lowest BCUT2D eigenvalue weighted by molar-refractivity contribution is 0.0594. The Morgan fingerprint density at radius 2 is 1.88 bits per heavy atom. The van der Waals surface area contributed by atoms with E-state index in [2.05, 4.69) is 33.0 Å². The van der Waals surface area contributed by atoms with Crippen molar-refractivity contribution < 1.29 is 9.84 Å². The lowest BCUT2D eigenvalue weighted by Crippen LogP contribution is -2.41. The van der Waals surface area contributed by atoms with Crippen molar-refractivity contribution in [1.29, 1.82) is 0 Å². The molecule has 2 N–H and O–H groups in total. The van der Waals surface area contributed by atoms with Crippen LogP contribution in [-0.4, -0.2) is 37.0 Å². The molecule has 0 aliphatic rings. The van der Waals surface area contributed by atoms with E-state index >= 15 is 0 Å². The maximum absolute atomic E-state index is 9.20. The smallest absolute Gasteiger partial charge is 0.0642 e. The molecule has 0 spiro atoms. The first kappa shape index (κ1) is 16.9. The predicted octanol–water partition coefficient (Wildman–Crippen LogP) is 2.58. The minimum Gasteiger partial charge on any atom is -0.395 e. The van der Waals surface area contributed by atoms with Gasteiger partial charge in [-0.15, -0.1) is 0 Å². The number of hydrogen-bond donors (Lipinski definition) is 2. The van der Waals surface area contributed by atoms with Crippen LogP contribution in [0.25, 0.3) is 0 Å². The summed E-state index contributed by atoms with van der Waals surface area (Å²) in [6, 6.07) is 0.455. The van der Waals surface area contributed by atoms with Crippen LogP contribution in [0, 0.1) is 5.92 Å². The zero-order valence-corrected chi connectivity index (χ0v) is 12.0. The second-order valence-electron chi connectivity index (χ2n) is 5.15. The largest absolute Gasteiger partial charge is 0.395 e. The van der Waals surface area contributed by atoms with E-state index < -0.39 is 0 Å². The van der Waals surface area contributed by atoms with Crippen molar-refractivity contribution >= 4 is 0 Å². The van der Waals surface area contributed by atoms with Crippen LogP contribution in [-0.2, 0) is 4.74 Å². The predicted molar refractivity (Wildman–Crippen MR) is 73.3 cm³/mol. The van der Waals surface area contributed by atoms with Gasteiger partial charge in [-0.2, -0.15) is 0 Å². The fourth-order valence-corrected chi connectivity index (χ4v) is 1.90. The fraction of sp³-hybridized carbons (Fsp3) is 1.00. The van der Waals surface area contributed by atoms with E-state index in [-0.39, 0.29) is 12.6 Å². The Labute approximate surface area is 107 Å². The number of aliphatic hydroxyl groups is 1. The van der Waals surface area contributed by atoms with E-state index in [0.717, 1.165) is 6.61 Å². The van der Waals surface area contributed by atoms with Gasteiger partial charge in [0.15, 0.2) is 0 Å². The maximum Gasteiger partial charge on any atom is 0.0642 e. The molecule has 0 aliphatic heterocycles. The molecule has 3 nitrogen and oxygen atoms in total. The van der Waals surface area contributed by atoms with Gasteiger partial charge in [0.25, 0.3) is 0 Å². The van der Waals surface area contributed by atoms with Crippen LogP contribution in [0.2, 0.25) is 0 Å². The average molecular weight is 245 g/mol. The Kier molecular flexibility index (Phi) is 10.9. The van der Waals surface area contributed by atoms with Crippen LogP contribution in [0.3, 0.4) is 0 Å². The molecule has 0 radical (unpaired) electrons. The van der Waals surface area contributed by atoms with E-state index in [4.69, 9.17) is 4.74 Å². The highest BCUT2D eigenvalue weighted by atomic mass is 16.5. The molecule has 0 saturated carbocycles. The van der Waals surface area contributed by atoms with Crippen molar-refractivity contribution in [3.63, 3.8) is 0 Å². The molecule has 0 aliphatic carbocycles. The first-order valence-corrected chi connectivity index (χ1v) is 7.08. The van der Waals surface area contributed by atoms with Crippen LogP contribution < -0.4 is 5.32 Å². The highest BCUT2D eigenvalue weighted by Gasteiger charge is 2.11. The first-order valence-electron chi connectivity index (χ1n) is 7.08. The quantitative estimate of drug-likeness (QED) is 0.588. The number of unbranched alkanes of at least 4 members (excludes halogenated alkanes) is 1. The molecule has 0 amide bonds. The van der Waals surface area contributed by atoms with E-state index in [0.29, 0.717) is 18.6 Å². The second-order valence-corrected chi connectivity index (χ2v) is 5.15. The first-order chi connectivity index (χ1) is 8.13. The molecule has 17 heavy (non-hydrogen) atoms. The van der Waals surface area contributed by atoms with Crippen molar-refractivity contribution in [2.45, 2.75) is 65.5 Å². The zero-order valence-electron chi connectivity index (χ0n) is 12.0. The van der Waals surface area contributed by atoms with Gasteiger partial charge in [0.1, 0.15) is 0 Å². The standard InChI is InChI=1S/C14H31NO2/c1-5-7-8-13(6-2)10-17-11-14(9-16)15-12(3)4/h12-16H,5-11H2,1-4H3. The molecular formula is C14H31NO2. The summed E-state index contributed by atoms with van der Waals surface area (Å²) in [5.41, 5.74) is 0. The lowest BCUT2D eigenvalue weighted by Gasteiger charge is -2.21. The van der Waals surface area contributed by atoms with Crippen molar-refractivity contribution in [3.05, 3.63) is 0 Å². The van der Waals surface area contributed by atoms with Crippen molar-refractivity contribution in [2.75, 3.05) is 19.8 Å². The van der Waals surface area contributed by atoms with E-state index in [1.54, 1.807) is 0 Å². The lowest BCUT2D eigenvalue weighted by atomic mass is 10.0. The third-order valence-corrected chi connectivity index (χ3v) is 3.01. The Morgan fingerprint density at radius 3 is 2.35 bits per heavy atom. The van der Waals surface area contributed by atoms with Crippen molar-refractivity contribution in [3.8, 4) is 0 Å². The molecule has 2 unspecified atom stereocenters. The van der Waals surface area contributed by atoms with E-state index in [1.807, 2.05) is 0 Å². The van der Waals surface area contributed by atoms with Gasteiger partial charge in [0.2, 0.25) is 0 Å². The van der Waals surface area contributed by atoms with Crippen molar-refractivity contribution in [1.82, 2.24) is 5.32 Å². The molecule has 0 saturated heterocycles. The Morgan fingerprint density at radius 1 is 1.18 bits per heavy atom. The van der Waals surface area contributed by atoms with Gasteiger partial charge in [-0.1, -0.05) is 47.0 Å². The SMILES string of the molecule is CCCCC(CC)COCC(CO)NC(C)C. The molecule has 0 heterocycles. The Hall–Kier alpha value is -0.120. The summed E-state index contributed by atoms with van der Waals surface area (Å²) in [5, 5.41) is 12.5. The fourth-order valence-electron chi connectivity index (χ4n) is 1.90. The van der Waals surface area contributed by atoms with Crippen LogP contribution in [0.15, 0.2) is 0 Å². The summed E-state index contributed by atoms with van der Waals surface area (Å²) in [7, 11) is 0. The van der Waals surface area contributed by atoms with Gasteiger partial charge in [0.05, 0.1) is 19.3 Å². The van der Waals surface area contributed by atoms with Gasteiger partial charge in [-0.3, -0.25) is 0 Å². The highest BCUT2D eigenvalue weighted by molar-refractivity contribution is 4.67. The topological polar surface area (TPSA) is 41.5 Å². The van der Waals surface area contributed by atoms with Gasteiger partial charge in [0, 0.05) is 12.6 Å². The van der Waals surface area contributed by atoms with Gasteiger partial charge in [-0.05, 0) is 12.3 Å². The molecule has 0 fully saturated rings.